The summed E-state index contributed by atoms with van der Waals surface area (Å²) in [5.74, 6) is -0.841. The van der Waals surface area contributed by atoms with E-state index in [1.54, 1.807) is 11.8 Å². The SMILES string of the molecule is Cc1ccc(SC2CCCC2)c(C(=O)N2CCC(C)(C(=O)O)C2)c1. The van der Waals surface area contributed by atoms with Gasteiger partial charge in [0.15, 0.2) is 0 Å². The van der Waals surface area contributed by atoms with Crippen LogP contribution in [-0.4, -0.2) is 40.2 Å². The Morgan fingerprint density at radius 3 is 2.62 bits per heavy atom. The molecule has 5 heteroatoms. The number of nitrogens with zero attached hydrogens (tertiary/aromatic N) is 1. The largest absolute Gasteiger partial charge is 0.481 e. The number of likely N-dealkylation sites (tertiary alicyclic amines) is 1. The number of carboxylic acid groups (broad SMARTS) is 1. The average Bonchev–Trinajstić information content (AvgIpc) is 3.19. The van der Waals surface area contributed by atoms with E-state index in [9.17, 15) is 14.7 Å². The molecule has 4 nitrogen and oxygen atoms in total. The molecule has 1 saturated heterocycles. The summed E-state index contributed by atoms with van der Waals surface area (Å²) >= 11 is 1.82. The molecule has 2 aliphatic rings. The number of thioether (sulfide) groups is 1. The zero-order valence-corrected chi connectivity index (χ0v) is 15.2. The van der Waals surface area contributed by atoms with Crippen molar-refractivity contribution in [3.05, 3.63) is 29.3 Å². The van der Waals surface area contributed by atoms with Gasteiger partial charge in [-0.1, -0.05) is 24.5 Å². The van der Waals surface area contributed by atoms with E-state index in [1.807, 2.05) is 24.8 Å². The second-order valence-corrected chi connectivity index (χ2v) is 8.71. The first-order valence-corrected chi connectivity index (χ1v) is 9.57. The molecule has 3 rings (SSSR count). The van der Waals surface area contributed by atoms with Crippen LogP contribution in [0, 0.1) is 12.3 Å². The molecule has 130 valence electrons. The van der Waals surface area contributed by atoms with E-state index < -0.39 is 11.4 Å². The van der Waals surface area contributed by atoms with Crippen molar-refractivity contribution >= 4 is 23.6 Å². The molecule has 1 saturated carbocycles. The summed E-state index contributed by atoms with van der Waals surface area (Å²) in [6.07, 6.45) is 5.50. The molecular formula is C19H25NO3S. The number of amides is 1. The molecule has 0 bridgehead atoms. The smallest absolute Gasteiger partial charge is 0.311 e. The Balaban J connectivity index is 1.81. The summed E-state index contributed by atoms with van der Waals surface area (Å²) in [5.41, 5.74) is 0.981. The van der Waals surface area contributed by atoms with Crippen LogP contribution in [0.3, 0.4) is 0 Å². The van der Waals surface area contributed by atoms with Gasteiger partial charge in [-0.15, -0.1) is 11.8 Å². The number of carbonyl (C=O) groups is 2. The molecule has 1 unspecified atom stereocenters. The lowest BCUT2D eigenvalue weighted by atomic mass is 9.90. The van der Waals surface area contributed by atoms with Gasteiger partial charge in [0.1, 0.15) is 0 Å². The molecule has 0 spiro atoms. The van der Waals surface area contributed by atoms with Crippen LogP contribution in [0.4, 0.5) is 0 Å². The molecule has 1 amide bonds. The number of aryl methyl sites for hydroxylation is 1. The van der Waals surface area contributed by atoms with Crippen molar-refractivity contribution in [3.8, 4) is 0 Å². The summed E-state index contributed by atoms with van der Waals surface area (Å²) in [4.78, 5) is 27.2. The highest BCUT2D eigenvalue weighted by Gasteiger charge is 2.42. The summed E-state index contributed by atoms with van der Waals surface area (Å²) < 4.78 is 0. The molecule has 1 aliphatic heterocycles. The normalized spacial score (nSPS) is 24.5. The third-order valence-corrected chi connectivity index (χ3v) is 6.65. The van der Waals surface area contributed by atoms with Crippen LogP contribution < -0.4 is 0 Å². The van der Waals surface area contributed by atoms with Crippen molar-refractivity contribution in [3.63, 3.8) is 0 Å². The molecule has 1 N–H and O–H groups in total. The van der Waals surface area contributed by atoms with Gasteiger partial charge in [0.2, 0.25) is 0 Å². The maximum absolute atomic E-state index is 13.0. The number of carboxylic acids is 1. The van der Waals surface area contributed by atoms with Gasteiger partial charge in [-0.05, 0) is 45.2 Å². The summed E-state index contributed by atoms with van der Waals surface area (Å²) in [5, 5.41) is 9.99. The molecule has 1 aromatic carbocycles. The number of benzene rings is 1. The highest BCUT2D eigenvalue weighted by atomic mass is 32.2. The van der Waals surface area contributed by atoms with E-state index in [2.05, 4.69) is 12.1 Å². The van der Waals surface area contributed by atoms with Gasteiger partial charge >= 0.3 is 5.97 Å². The Hall–Kier alpha value is -1.49. The van der Waals surface area contributed by atoms with Gasteiger partial charge in [0, 0.05) is 23.2 Å². The minimum Gasteiger partial charge on any atom is -0.481 e. The summed E-state index contributed by atoms with van der Waals surface area (Å²) in [7, 11) is 0. The van der Waals surface area contributed by atoms with Gasteiger partial charge in [-0.25, -0.2) is 0 Å². The van der Waals surface area contributed by atoms with Crippen LogP contribution in [0.5, 0.6) is 0 Å². The van der Waals surface area contributed by atoms with Gasteiger partial charge in [-0.2, -0.15) is 0 Å². The monoisotopic (exact) mass is 347 g/mol. The molecule has 2 fully saturated rings. The molecule has 1 aromatic rings. The van der Waals surface area contributed by atoms with E-state index in [4.69, 9.17) is 0 Å². The lowest BCUT2D eigenvalue weighted by molar-refractivity contribution is -0.147. The van der Waals surface area contributed by atoms with Crippen LogP contribution in [0.1, 0.15) is 54.9 Å². The minimum absolute atomic E-state index is 0.0239. The van der Waals surface area contributed by atoms with Crippen LogP contribution in [0.2, 0.25) is 0 Å². The van der Waals surface area contributed by atoms with E-state index in [0.717, 1.165) is 16.0 Å². The Morgan fingerprint density at radius 2 is 2.00 bits per heavy atom. The number of rotatable bonds is 4. The number of hydrogen-bond donors (Lipinski definition) is 1. The standard InChI is InChI=1S/C19H25NO3S/c1-13-7-8-16(24-14-5-3-4-6-14)15(11-13)17(21)20-10-9-19(2,12-20)18(22)23/h7-8,11,14H,3-6,9-10,12H2,1-2H3,(H,22,23). The van der Waals surface area contributed by atoms with E-state index in [-0.39, 0.29) is 5.91 Å². The lowest BCUT2D eigenvalue weighted by Gasteiger charge is -2.22. The van der Waals surface area contributed by atoms with Gasteiger partial charge in [-0.3, -0.25) is 9.59 Å². The topological polar surface area (TPSA) is 57.6 Å². The zero-order chi connectivity index (χ0) is 17.3. The Bertz CT molecular complexity index is 654. The summed E-state index contributed by atoms with van der Waals surface area (Å²) in [6.45, 7) is 4.53. The maximum Gasteiger partial charge on any atom is 0.311 e. The van der Waals surface area contributed by atoms with Gasteiger partial charge < -0.3 is 10.0 Å². The number of carbonyl (C=O) groups excluding carboxylic acids is 1. The van der Waals surface area contributed by atoms with Crippen molar-refractivity contribution in [2.45, 2.75) is 56.1 Å². The Labute approximate surface area is 147 Å². The van der Waals surface area contributed by atoms with E-state index in [1.165, 1.54) is 25.7 Å². The predicted molar refractivity (Wildman–Crippen MR) is 95.6 cm³/mol. The number of hydrogen-bond acceptors (Lipinski definition) is 3. The summed E-state index contributed by atoms with van der Waals surface area (Å²) in [6, 6.07) is 6.06. The fourth-order valence-corrected chi connectivity index (χ4v) is 4.93. The van der Waals surface area contributed by atoms with Crippen LogP contribution in [-0.2, 0) is 4.79 Å². The Kier molecular flexibility index (Phi) is 4.90. The molecular weight excluding hydrogens is 322 g/mol. The lowest BCUT2D eigenvalue weighted by Crippen LogP contribution is -2.35. The number of aliphatic carboxylic acids is 1. The third-order valence-electron chi connectivity index (χ3n) is 5.24. The first kappa shape index (κ1) is 17.3. The highest BCUT2D eigenvalue weighted by molar-refractivity contribution is 8.00. The first-order chi connectivity index (χ1) is 11.4. The fourth-order valence-electron chi connectivity index (χ4n) is 3.58. The fraction of sp³-hybridized carbons (Fsp3) is 0.579. The third kappa shape index (κ3) is 3.46. The molecule has 1 atom stereocenters. The first-order valence-electron chi connectivity index (χ1n) is 8.69. The molecule has 1 aliphatic carbocycles. The minimum atomic E-state index is -0.821. The van der Waals surface area contributed by atoms with Crippen LogP contribution >= 0.6 is 11.8 Å². The van der Waals surface area contributed by atoms with Crippen molar-refractivity contribution in [2.75, 3.05) is 13.1 Å². The van der Waals surface area contributed by atoms with Crippen LogP contribution in [0.25, 0.3) is 0 Å². The van der Waals surface area contributed by atoms with Crippen molar-refractivity contribution in [2.24, 2.45) is 5.41 Å². The van der Waals surface area contributed by atoms with Gasteiger partial charge in [0.25, 0.3) is 5.91 Å². The second-order valence-electron chi connectivity index (χ2n) is 7.37. The zero-order valence-electron chi connectivity index (χ0n) is 14.4. The van der Waals surface area contributed by atoms with E-state index in [0.29, 0.717) is 24.8 Å². The maximum atomic E-state index is 13.0. The second kappa shape index (κ2) is 6.79. The van der Waals surface area contributed by atoms with Gasteiger partial charge in [0.05, 0.1) is 11.0 Å². The van der Waals surface area contributed by atoms with E-state index >= 15 is 0 Å². The molecule has 0 radical (unpaired) electrons. The Morgan fingerprint density at radius 1 is 1.29 bits per heavy atom. The van der Waals surface area contributed by atoms with Crippen molar-refractivity contribution < 1.29 is 14.7 Å². The molecule has 24 heavy (non-hydrogen) atoms. The highest BCUT2D eigenvalue weighted by Crippen LogP contribution is 2.38. The quantitative estimate of drug-likeness (QED) is 0.895. The van der Waals surface area contributed by atoms with Crippen molar-refractivity contribution in [1.82, 2.24) is 4.90 Å². The predicted octanol–water partition coefficient (Wildman–Crippen LogP) is 3.97. The molecule has 0 aromatic heterocycles. The van der Waals surface area contributed by atoms with Crippen LogP contribution in [0.15, 0.2) is 23.1 Å². The van der Waals surface area contributed by atoms with Crippen molar-refractivity contribution in [1.29, 1.82) is 0 Å². The average molecular weight is 347 g/mol. The molecule has 1 heterocycles.